The highest BCUT2D eigenvalue weighted by Crippen LogP contribution is 2.41. The van der Waals surface area contributed by atoms with Gasteiger partial charge in [0.15, 0.2) is 0 Å². The van der Waals surface area contributed by atoms with Crippen molar-refractivity contribution in [2.75, 3.05) is 0 Å². The summed E-state index contributed by atoms with van der Waals surface area (Å²) in [5.41, 5.74) is 3.58. The molecule has 90 valence electrons. The number of aliphatic imine (C=N–C) groups is 1. The third kappa shape index (κ3) is 1.86. The van der Waals surface area contributed by atoms with Crippen LogP contribution < -0.4 is 5.32 Å². The second kappa shape index (κ2) is 4.11. The Balaban J connectivity index is 2.14. The van der Waals surface area contributed by atoms with Gasteiger partial charge >= 0.3 is 0 Å². The number of benzene rings is 1. The molecular formula is C13H15BrN2S. The molecule has 1 aromatic carbocycles. The van der Waals surface area contributed by atoms with E-state index >= 15 is 0 Å². The Morgan fingerprint density at radius 3 is 3.06 bits per heavy atom. The number of rotatable bonds is 0. The summed E-state index contributed by atoms with van der Waals surface area (Å²) in [4.78, 5) is 4.85. The summed E-state index contributed by atoms with van der Waals surface area (Å²) < 4.78 is 1.12. The molecule has 0 saturated carbocycles. The van der Waals surface area contributed by atoms with Crippen molar-refractivity contribution in [2.45, 2.75) is 37.2 Å². The van der Waals surface area contributed by atoms with E-state index in [1.54, 1.807) is 0 Å². The van der Waals surface area contributed by atoms with Crippen LogP contribution >= 0.6 is 28.6 Å². The fourth-order valence-electron chi connectivity index (χ4n) is 2.81. The second-order valence-electron chi connectivity index (χ2n) is 4.82. The molecule has 1 heterocycles. The van der Waals surface area contributed by atoms with E-state index in [1.165, 1.54) is 17.5 Å². The molecule has 4 heteroatoms. The summed E-state index contributed by atoms with van der Waals surface area (Å²) in [6.07, 6.45) is 3.39. The number of hydrogen-bond donors (Lipinski definition) is 2. The number of fused-ring (bicyclic) bond motifs is 2. The average Bonchev–Trinajstić information content (AvgIpc) is 2.57. The van der Waals surface area contributed by atoms with Crippen LogP contribution in [0.15, 0.2) is 27.7 Å². The van der Waals surface area contributed by atoms with Gasteiger partial charge in [-0.2, -0.15) is 12.6 Å². The Bertz CT molecular complexity index is 500. The molecule has 2 aliphatic rings. The molecule has 0 bridgehead atoms. The summed E-state index contributed by atoms with van der Waals surface area (Å²) in [5, 5.41) is 3.63. The number of halogens is 1. The van der Waals surface area contributed by atoms with Crippen LogP contribution in [0.4, 0.5) is 0 Å². The maximum Gasteiger partial charge on any atom is 0.137 e. The average molecular weight is 311 g/mol. The van der Waals surface area contributed by atoms with E-state index in [9.17, 15) is 0 Å². The standard InChI is InChI=1S/C13H15BrN2S/c1-8-12(17)16-13(15-8)6-2-3-9-4-5-10(14)7-11(9)13/h4-5,7,12,16-17H,2-3,6H2,1H3. The third-order valence-corrected chi connectivity index (χ3v) is 4.64. The van der Waals surface area contributed by atoms with Crippen LogP contribution in [0.25, 0.3) is 0 Å². The Morgan fingerprint density at radius 2 is 2.35 bits per heavy atom. The van der Waals surface area contributed by atoms with Crippen LogP contribution in [0.5, 0.6) is 0 Å². The predicted octanol–water partition coefficient (Wildman–Crippen LogP) is 3.26. The lowest BCUT2D eigenvalue weighted by Crippen LogP contribution is -2.42. The molecule has 17 heavy (non-hydrogen) atoms. The van der Waals surface area contributed by atoms with E-state index in [2.05, 4.69) is 52.1 Å². The van der Waals surface area contributed by atoms with Gasteiger partial charge in [0.05, 0.1) is 5.37 Å². The predicted molar refractivity (Wildman–Crippen MR) is 77.8 cm³/mol. The van der Waals surface area contributed by atoms with Crippen molar-refractivity contribution in [3.8, 4) is 0 Å². The second-order valence-corrected chi connectivity index (χ2v) is 6.25. The molecule has 3 rings (SSSR count). The largest absolute Gasteiger partial charge is 0.273 e. The van der Waals surface area contributed by atoms with Gasteiger partial charge in [-0.05, 0) is 49.4 Å². The quantitative estimate of drug-likeness (QED) is 0.706. The van der Waals surface area contributed by atoms with E-state index in [-0.39, 0.29) is 11.0 Å². The topological polar surface area (TPSA) is 24.4 Å². The third-order valence-electron chi connectivity index (χ3n) is 3.64. The molecule has 2 nitrogen and oxygen atoms in total. The summed E-state index contributed by atoms with van der Waals surface area (Å²) in [5.74, 6) is 0. The van der Waals surface area contributed by atoms with E-state index in [0.29, 0.717) is 0 Å². The number of nitrogens with zero attached hydrogens (tertiary/aromatic N) is 1. The normalized spacial score (nSPS) is 31.5. The van der Waals surface area contributed by atoms with Gasteiger partial charge in [-0.1, -0.05) is 22.0 Å². The highest BCUT2D eigenvalue weighted by Gasteiger charge is 2.41. The highest BCUT2D eigenvalue weighted by atomic mass is 79.9. The molecule has 2 unspecified atom stereocenters. The van der Waals surface area contributed by atoms with Gasteiger partial charge in [0.1, 0.15) is 5.66 Å². The number of aryl methyl sites for hydroxylation is 1. The van der Waals surface area contributed by atoms with Gasteiger partial charge < -0.3 is 0 Å². The van der Waals surface area contributed by atoms with Gasteiger partial charge in [0.25, 0.3) is 0 Å². The van der Waals surface area contributed by atoms with E-state index in [1.807, 2.05) is 6.92 Å². The van der Waals surface area contributed by atoms with Gasteiger partial charge in [0.2, 0.25) is 0 Å². The van der Waals surface area contributed by atoms with Gasteiger partial charge in [-0.25, -0.2) is 0 Å². The molecule has 0 radical (unpaired) electrons. The fraction of sp³-hybridized carbons (Fsp3) is 0.462. The minimum Gasteiger partial charge on any atom is -0.273 e. The Hall–Kier alpha value is -0.320. The summed E-state index contributed by atoms with van der Waals surface area (Å²) >= 11 is 8.09. The van der Waals surface area contributed by atoms with E-state index in [4.69, 9.17) is 4.99 Å². The first kappa shape index (κ1) is 11.8. The molecule has 1 aliphatic heterocycles. The zero-order valence-electron chi connectivity index (χ0n) is 9.70. The van der Waals surface area contributed by atoms with Crippen molar-refractivity contribution in [3.05, 3.63) is 33.8 Å². The van der Waals surface area contributed by atoms with Crippen LogP contribution in [-0.2, 0) is 12.1 Å². The van der Waals surface area contributed by atoms with Gasteiger partial charge in [-0.15, -0.1) is 0 Å². The van der Waals surface area contributed by atoms with Crippen molar-refractivity contribution in [1.82, 2.24) is 5.32 Å². The number of hydrogen-bond acceptors (Lipinski definition) is 3. The fourth-order valence-corrected chi connectivity index (χ4v) is 3.44. The highest BCUT2D eigenvalue weighted by molar-refractivity contribution is 9.10. The minimum absolute atomic E-state index is 0.0833. The van der Waals surface area contributed by atoms with E-state index < -0.39 is 0 Å². The van der Waals surface area contributed by atoms with Crippen LogP contribution in [0.3, 0.4) is 0 Å². The molecule has 0 saturated heterocycles. The summed E-state index contributed by atoms with van der Waals surface area (Å²) in [6.45, 7) is 2.05. The Labute approximate surface area is 115 Å². The number of thiol groups is 1. The Kier molecular flexibility index (Phi) is 2.84. The Morgan fingerprint density at radius 1 is 1.53 bits per heavy atom. The lowest BCUT2D eigenvalue weighted by Gasteiger charge is -2.34. The lowest BCUT2D eigenvalue weighted by atomic mass is 9.83. The first-order valence-corrected chi connectivity index (χ1v) is 7.23. The van der Waals surface area contributed by atoms with Crippen molar-refractivity contribution in [2.24, 2.45) is 4.99 Å². The molecule has 0 fully saturated rings. The molecular weight excluding hydrogens is 296 g/mol. The molecule has 0 amide bonds. The maximum atomic E-state index is 4.85. The van der Waals surface area contributed by atoms with Crippen molar-refractivity contribution >= 4 is 34.3 Å². The van der Waals surface area contributed by atoms with Crippen molar-refractivity contribution in [1.29, 1.82) is 0 Å². The zero-order chi connectivity index (χ0) is 12.0. The molecule has 1 aliphatic carbocycles. The van der Waals surface area contributed by atoms with E-state index in [0.717, 1.165) is 23.0 Å². The molecule has 1 aromatic rings. The first-order chi connectivity index (χ1) is 8.11. The summed E-state index contributed by atoms with van der Waals surface area (Å²) in [6, 6.07) is 6.52. The van der Waals surface area contributed by atoms with Crippen LogP contribution in [-0.4, -0.2) is 11.1 Å². The SMILES string of the molecule is CC1=NC2(CCCc3ccc(Br)cc32)NC1S. The monoisotopic (exact) mass is 310 g/mol. The van der Waals surface area contributed by atoms with Gasteiger partial charge in [-0.3, -0.25) is 10.3 Å². The molecule has 1 spiro atoms. The molecule has 0 aromatic heterocycles. The zero-order valence-corrected chi connectivity index (χ0v) is 12.2. The number of nitrogens with one attached hydrogen (secondary N) is 1. The van der Waals surface area contributed by atoms with Crippen molar-refractivity contribution in [3.63, 3.8) is 0 Å². The van der Waals surface area contributed by atoms with Crippen LogP contribution in [0.2, 0.25) is 0 Å². The molecule has 2 atom stereocenters. The minimum atomic E-state index is -0.228. The molecule has 1 N–H and O–H groups in total. The lowest BCUT2D eigenvalue weighted by molar-refractivity contribution is 0.327. The van der Waals surface area contributed by atoms with Gasteiger partial charge in [0, 0.05) is 10.2 Å². The van der Waals surface area contributed by atoms with Crippen LogP contribution in [0.1, 0.15) is 30.9 Å². The first-order valence-electron chi connectivity index (χ1n) is 5.92. The smallest absolute Gasteiger partial charge is 0.137 e. The van der Waals surface area contributed by atoms with Crippen molar-refractivity contribution < 1.29 is 0 Å². The van der Waals surface area contributed by atoms with Crippen LogP contribution in [0, 0.1) is 0 Å². The maximum absolute atomic E-state index is 4.85. The summed E-state index contributed by atoms with van der Waals surface area (Å²) in [7, 11) is 0.